The van der Waals surface area contributed by atoms with Crippen molar-refractivity contribution in [3.05, 3.63) is 29.8 Å². The number of benzene rings is 1. The number of carbonyl (C=O) groups excluding carboxylic acids is 1. The molecule has 1 aromatic carbocycles. The molecule has 128 valence electrons. The minimum Gasteiger partial charge on any atom is -0.493 e. The minimum absolute atomic E-state index is 0. The molecule has 1 unspecified atom stereocenters. The van der Waals surface area contributed by atoms with E-state index in [2.05, 4.69) is 11.4 Å². The molecule has 0 aliphatic carbocycles. The summed E-state index contributed by atoms with van der Waals surface area (Å²) in [4.78, 5) is 12.6. The molecule has 0 saturated carbocycles. The number of rotatable bonds is 4. The third kappa shape index (κ3) is 3.79. The molecule has 2 heterocycles. The molecule has 1 fully saturated rings. The summed E-state index contributed by atoms with van der Waals surface area (Å²) >= 11 is 0. The number of para-hydroxylation sites is 1. The van der Waals surface area contributed by atoms with Gasteiger partial charge in [-0.1, -0.05) is 18.2 Å². The van der Waals surface area contributed by atoms with Gasteiger partial charge in [-0.3, -0.25) is 4.79 Å². The second-order valence-electron chi connectivity index (χ2n) is 6.18. The van der Waals surface area contributed by atoms with Gasteiger partial charge in [0.05, 0.1) is 12.0 Å². The monoisotopic (exact) mass is 340 g/mol. The molecule has 3 N–H and O–H groups in total. The standard InChI is InChI=1S/C17H24N2O3.ClH/c18-12-17(6-9-21-10-7-17)16(20)19-11-13-5-8-22-15-4-2-1-3-14(13)15;/h1-4,13H,5-12,18H2,(H,19,20);1H. The third-order valence-electron chi connectivity index (χ3n) is 4.91. The molecule has 5 nitrogen and oxygen atoms in total. The maximum Gasteiger partial charge on any atom is 0.227 e. The minimum atomic E-state index is -0.455. The Bertz CT molecular complexity index is 532. The zero-order chi connectivity index (χ0) is 15.4. The SMILES string of the molecule is Cl.NCC1(C(=O)NCC2CCOc3ccccc32)CCOCC1. The molecule has 2 aliphatic heterocycles. The first-order valence-corrected chi connectivity index (χ1v) is 8.03. The summed E-state index contributed by atoms with van der Waals surface area (Å²) in [5.74, 6) is 1.32. The van der Waals surface area contributed by atoms with Gasteiger partial charge in [-0.05, 0) is 30.9 Å². The molecule has 6 heteroatoms. The van der Waals surface area contributed by atoms with Gasteiger partial charge >= 0.3 is 0 Å². The Morgan fingerprint density at radius 2 is 2.00 bits per heavy atom. The van der Waals surface area contributed by atoms with E-state index >= 15 is 0 Å². The molecular weight excluding hydrogens is 316 g/mol. The number of ether oxygens (including phenoxy) is 2. The number of carbonyl (C=O) groups is 1. The van der Waals surface area contributed by atoms with Crippen LogP contribution >= 0.6 is 12.4 Å². The Morgan fingerprint density at radius 1 is 1.26 bits per heavy atom. The second kappa shape index (κ2) is 7.99. The second-order valence-corrected chi connectivity index (χ2v) is 6.18. The summed E-state index contributed by atoms with van der Waals surface area (Å²) in [5, 5.41) is 3.12. The zero-order valence-electron chi connectivity index (χ0n) is 13.3. The molecule has 1 saturated heterocycles. The van der Waals surface area contributed by atoms with Crippen LogP contribution in [0.2, 0.25) is 0 Å². The number of amides is 1. The number of hydrogen-bond donors (Lipinski definition) is 2. The first-order chi connectivity index (χ1) is 10.7. The highest BCUT2D eigenvalue weighted by atomic mass is 35.5. The largest absolute Gasteiger partial charge is 0.493 e. The zero-order valence-corrected chi connectivity index (χ0v) is 14.1. The number of fused-ring (bicyclic) bond motifs is 1. The average molecular weight is 341 g/mol. The number of nitrogens with two attached hydrogens (primary N) is 1. The molecule has 2 aliphatic rings. The predicted octanol–water partition coefficient (Wildman–Crippen LogP) is 1.85. The van der Waals surface area contributed by atoms with E-state index in [9.17, 15) is 4.79 Å². The quantitative estimate of drug-likeness (QED) is 0.877. The molecule has 23 heavy (non-hydrogen) atoms. The van der Waals surface area contributed by atoms with Crippen molar-refractivity contribution in [2.24, 2.45) is 11.1 Å². The fourth-order valence-electron chi connectivity index (χ4n) is 3.32. The molecular formula is C17H25ClN2O3. The van der Waals surface area contributed by atoms with Crippen LogP contribution in [0.25, 0.3) is 0 Å². The van der Waals surface area contributed by atoms with E-state index in [0.29, 0.717) is 51.7 Å². The molecule has 1 amide bonds. The fourth-order valence-corrected chi connectivity index (χ4v) is 3.32. The van der Waals surface area contributed by atoms with Crippen LogP contribution in [0.4, 0.5) is 0 Å². The van der Waals surface area contributed by atoms with Crippen LogP contribution in [0.3, 0.4) is 0 Å². The van der Waals surface area contributed by atoms with Crippen LogP contribution in [-0.2, 0) is 9.53 Å². The number of nitrogens with one attached hydrogen (secondary N) is 1. The highest BCUT2D eigenvalue weighted by Gasteiger charge is 2.39. The number of halogens is 1. The summed E-state index contributed by atoms with van der Waals surface area (Å²) in [6.45, 7) is 2.96. The highest BCUT2D eigenvalue weighted by Crippen LogP contribution is 2.34. The van der Waals surface area contributed by atoms with E-state index in [0.717, 1.165) is 12.2 Å². The maximum atomic E-state index is 12.6. The van der Waals surface area contributed by atoms with E-state index in [4.69, 9.17) is 15.2 Å². The van der Waals surface area contributed by atoms with E-state index in [1.54, 1.807) is 0 Å². The Hall–Kier alpha value is -1.30. The molecule has 0 bridgehead atoms. The summed E-state index contributed by atoms with van der Waals surface area (Å²) in [5.41, 5.74) is 6.62. The lowest BCUT2D eigenvalue weighted by Crippen LogP contribution is -2.50. The summed E-state index contributed by atoms with van der Waals surface area (Å²) < 4.78 is 11.0. The Morgan fingerprint density at radius 3 is 2.74 bits per heavy atom. The van der Waals surface area contributed by atoms with Crippen LogP contribution in [0.1, 0.15) is 30.7 Å². The summed E-state index contributed by atoms with van der Waals surface area (Å²) in [7, 11) is 0. The van der Waals surface area contributed by atoms with Crippen LogP contribution < -0.4 is 15.8 Å². The third-order valence-corrected chi connectivity index (χ3v) is 4.91. The lowest BCUT2D eigenvalue weighted by atomic mass is 9.79. The van der Waals surface area contributed by atoms with Gasteiger partial charge in [-0.2, -0.15) is 0 Å². The highest BCUT2D eigenvalue weighted by molar-refractivity contribution is 5.85. The molecule has 0 aromatic heterocycles. The van der Waals surface area contributed by atoms with Crippen molar-refractivity contribution in [3.63, 3.8) is 0 Å². The molecule has 0 spiro atoms. The summed E-state index contributed by atoms with van der Waals surface area (Å²) in [6.07, 6.45) is 2.34. The topological polar surface area (TPSA) is 73.6 Å². The maximum absolute atomic E-state index is 12.6. The lowest BCUT2D eigenvalue weighted by Gasteiger charge is -2.35. The van der Waals surface area contributed by atoms with E-state index in [-0.39, 0.29) is 18.3 Å². The van der Waals surface area contributed by atoms with Crippen LogP contribution in [-0.4, -0.2) is 38.8 Å². The van der Waals surface area contributed by atoms with Gasteiger partial charge in [0, 0.05) is 32.2 Å². The van der Waals surface area contributed by atoms with E-state index in [1.165, 1.54) is 5.56 Å². The van der Waals surface area contributed by atoms with Crippen LogP contribution in [0, 0.1) is 5.41 Å². The Kier molecular flexibility index (Phi) is 6.27. The summed E-state index contributed by atoms with van der Waals surface area (Å²) in [6, 6.07) is 8.06. The van der Waals surface area contributed by atoms with Crippen molar-refractivity contribution in [3.8, 4) is 5.75 Å². The molecule has 0 radical (unpaired) electrons. The van der Waals surface area contributed by atoms with Gasteiger partial charge < -0.3 is 20.5 Å². The molecule has 3 rings (SSSR count). The molecule has 1 aromatic rings. The van der Waals surface area contributed by atoms with Gasteiger partial charge in [0.2, 0.25) is 5.91 Å². The van der Waals surface area contributed by atoms with E-state index in [1.807, 2.05) is 18.2 Å². The predicted molar refractivity (Wildman–Crippen MR) is 91.1 cm³/mol. The van der Waals surface area contributed by atoms with Crippen molar-refractivity contribution in [1.82, 2.24) is 5.32 Å². The fraction of sp³-hybridized carbons (Fsp3) is 0.588. The Balaban J connectivity index is 0.00000192. The van der Waals surface area contributed by atoms with Gasteiger partial charge in [-0.25, -0.2) is 0 Å². The van der Waals surface area contributed by atoms with Gasteiger partial charge in [0.1, 0.15) is 5.75 Å². The lowest BCUT2D eigenvalue weighted by molar-refractivity contribution is -0.136. The van der Waals surface area contributed by atoms with Gasteiger partial charge in [0.25, 0.3) is 0 Å². The van der Waals surface area contributed by atoms with E-state index < -0.39 is 5.41 Å². The van der Waals surface area contributed by atoms with Gasteiger partial charge in [0.15, 0.2) is 0 Å². The van der Waals surface area contributed by atoms with Crippen molar-refractivity contribution in [1.29, 1.82) is 0 Å². The van der Waals surface area contributed by atoms with Crippen molar-refractivity contribution >= 4 is 18.3 Å². The molecule has 1 atom stereocenters. The van der Waals surface area contributed by atoms with Crippen molar-refractivity contribution in [2.45, 2.75) is 25.2 Å². The van der Waals surface area contributed by atoms with Crippen molar-refractivity contribution < 1.29 is 14.3 Å². The first-order valence-electron chi connectivity index (χ1n) is 8.03. The van der Waals surface area contributed by atoms with Crippen molar-refractivity contribution in [2.75, 3.05) is 32.9 Å². The van der Waals surface area contributed by atoms with Crippen LogP contribution in [0.15, 0.2) is 24.3 Å². The average Bonchev–Trinajstić information content (AvgIpc) is 2.60. The normalized spacial score (nSPS) is 22.2. The Labute approximate surface area is 143 Å². The smallest absolute Gasteiger partial charge is 0.227 e. The van der Waals surface area contributed by atoms with Gasteiger partial charge in [-0.15, -0.1) is 12.4 Å². The van der Waals surface area contributed by atoms with Crippen LogP contribution in [0.5, 0.6) is 5.75 Å². The first kappa shape index (κ1) is 18.0. The number of hydrogen-bond acceptors (Lipinski definition) is 4.